The van der Waals surface area contributed by atoms with Gasteiger partial charge in [-0.15, -0.1) is 0 Å². The Labute approximate surface area is 480 Å². The molecule has 83 heavy (non-hydrogen) atoms. The third-order valence-electron chi connectivity index (χ3n) is 21.9. The number of hydrogen-bond donors (Lipinski definition) is 14. The van der Waals surface area contributed by atoms with Crippen molar-refractivity contribution < 1.29 is 129 Å². The van der Waals surface area contributed by atoms with Gasteiger partial charge in [0, 0.05) is 12.0 Å². The Bertz CT molecular complexity index is 2420. The van der Waals surface area contributed by atoms with E-state index in [-0.39, 0.29) is 18.8 Å². The van der Waals surface area contributed by atoms with Gasteiger partial charge in [0.25, 0.3) is 0 Å². The van der Waals surface area contributed by atoms with Crippen molar-refractivity contribution in [3.63, 3.8) is 0 Å². The highest BCUT2D eigenvalue weighted by Crippen LogP contribution is 2.76. The lowest BCUT2D eigenvalue weighted by Gasteiger charge is -2.72. The molecule has 4 aliphatic heterocycles. The van der Waals surface area contributed by atoms with Gasteiger partial charge in [0.05, 0.1) is 49.0 Å². The molecule has 30 atom stereocenters. The summed E-state index contributed by atoms with van der Waals surface area (Å²) in [4.78, 5) is 40.7. The summed E-state index contributed by atoms with van der Waals surface area (Å²) >= 11 is 0. The lowest BCUT2D eigenvalue weighted by atomic mass is 9.33. The van der Waals surface area contributed by atoms with Gasteiger partial charge in [-0.05, 0) is 98.2 Å². The number of carboxylic acids is 1. The molecule has 8 fully saturated rings. The van der Waals surface area contributed by atoms with E-state index in [0.29, 0.717) is 37.7 Å². The summed E-state index contributed by atoms with van der Waals surface area (Å²) < 4.78 is 54.2. The number of hydrogen-bond acceptors (Lipinski definition) is 25. The first-order valence-electron chi connectivity index (χ1n) is 29.0. The SMILES string of the molecule is C/C=C(/C)C(=O)O[C@H]1[C@H](O)C(C)(C)C[C@H]2C3=CC[C@@H]4[C@@]5(C)CC[C@H](O[C@@H]6O[C@H](C(=O)O)[C@@H](O)[C@H](O[C@@H]7O[C@H](O)[C@H](O)C[C@H]7O[C@@H]7OC[C@@H](O)[C@H](O)[C@H]7O)[C@H]6O[C@@H]6O[C@H](CO)[C@H](O)[C@H](O)[C@H]6O)[C@@](C)(C=O)[C@@H]5CC[C@@]4(C)[C@]3(C)C[C@@H](O)[C@]21CO. The molecule has 4 saturated carbocycles. The molecule has 0 radical (unpaired) electrons. The molecular formula is C57H88O26. The third-order valence-corrected chi connectivity index (χ3v) is 21.9. The Kier molecular flexibility index (Phi) is 18.4. The van der Waals surface area contributed by atoms with Gasteiger partial charge in [0.1, 0.15) is 85.6 Å². The van der Waals surface area contributed by atoms with Crippen LogP contribution in [0.15, 0.2) is 23.3 Å². The van der Waals surface area contributed by atoms with Gasteiger partial charge in [-0.1, -0.05) is 59.3 Å². The van der Waals surface area contributed by atoms with Gasteiger partial charge in [0.15, 0.2) is 37.6 Å². The van der Waals surface area contributed by atoms with E-state index in [2.05, 4.69) is 26.8 Å². The Balaban J connectivity index is 1.05. The molecule has 0 aromatic carbocycles. The van der Waals surface area contributed by atoms with Crippen LogP contribution in [0.2, 0.25) is 0 Å². The lowest BCUT2D eigenvalue weighted by Crippen LogP contribution is -2.72. The van der Waals surface area contributed by atoms with Crippen LogP contribution in [0.1, 0.15) is 107 Å². The quantitative estimate of drug-likeness (QED) is 0.0288. The molecule has 0 aromatic heterocycles. The maximum absolute atomic E-state index is 14.1. The number of rotatable bonds is 14. The van der Waals surface area contributed by atoms with E-state index in [1.165, 1.54) is 0 Å². The van der Waals surface area contributed by atoms with Crippen molar-refractivity contribution in [1.29, 1.82) is 0 Å². The number of fused-ring (bicyclic) bond motifs is 7. The second kappa shape index (κ2) is 23.6. The van der Waals surface area contributed by atoms with Crippen molar-refractivity contribution in [2.75, 3.05) is 19.8 Å². The van der Waals surface area contributed by atoms with E-state index < -0.39 is 218 Å². The average Bonchev–Trinajstić information content (AvgIpc) is 0.769. The van der Waals surface area contributed by atoms with Gasteiger partial charge in [0.2, 0.25) is 0 Å². The van der Waals surface area contributed by atoms with Gasteiger partial charge in [-0.3, -0.25) is 0 Å². The van der Waals surface area contributed by atoms with Crippen molar-refractivity contribution in [3.05, 3.63) is 23.3 Å². The molecule has 14 N–H and O–H groups in total. The fourth-order valence-electron chi connectivity index (χ4n) is 16.6. The van der Waals surface area contributed by atoms with Crippen molar-refractivity contribution >= 4 is 18.2 Å². The highest BCUT2D eigenvalue weighted by molar-refractivity contribution is 5.87. The average molecular weight is 1190 g/mol. The van der Waals surface area contributed by atoms with E-state index >= 15 is 0 Å². The monoisotopic (exact) mass is 1190 g/mol. The summed E-state index contributed by atoms with van der Waals surface area (Å²) in [5.74, 6) is -3.52. The highest BCUT2D eigenvalue weighted by atomic mass is 16.8. The summed E-state index contributed by atoms with van der Waals surface area (Å²) in [5.41, 5.74) is -4.28. The van der Waals surface area contributed by atoms with Crippen molar-refractivity contribution in [1.82, 2.24) is 0 Å². The van der Waals surface area contributed by atoms with E-state index in [1.807, 2.05) is 13.8 Å². The van der Waals surface area contributed by atoms with Crippen LogP contribution in [0.4, 0.5) is 0 Å². The molecule has 9 aliphatic rings. The van der Waals surface area contributed by atoms with Crippen LogP contribution in [0.3, 0.4) is 0 Å². The number of esters is 1. The number of ether oxygens (including phenoxy) is 9. The minimum absolute atomic E-state index is 0.125. The van der Waals surface area contributed by atoms with Crippen molar-refractivity contribution in [2.45, 2.75) is 242 Å². The minimum Gasteiger partial charge on any atom is -0.479 e. The summed E-state index contributed by atoms with van der Waals surface area (Å²) in [6, 6.07) is 0. The first-order valence-corrected chi connectivity index (χ1v) is 29.0. The molecule has 0 aromatic rings. The van der Waals surface area contributed by atoms with Gasteiger partial charge in [-0.25, -0.2) is 9.59 Å². The maximum Gasteiger partial charge on any atom is 0.335 e. The van der Waals surface area contributed by atoms with E-state index in [9.17, 15) is 85.9 Å². The van der Waals surface area contributed by atoms with Crippen LogP contribution in [0.25, 0.3) is 0 Å². The second-order valence-electron chi connectivity index (χ2n) is 26.7. The number of carbonyl (C=O) groups is 3. The zero-order valence-corrected chi connectivity index (χ0v) is 48.1. The molecule has 5 aliphatic carbocycles. The summed E-state index contributed by atoms with van der Waals surface area (Å²) in [5, 5.41) is 155. The van der Waals surface area contributed by atoms with Crippen LogP contribution >= 0.6 is 0 Å². The maximum atomic E-state index is 14.1. The van der Waals surface area contributed by atoms with Crippen LogP contribution in [-0.2, 0) is 57.0 Å². The molecule has 0 amide bonds. The van der Waals surface area contributed by atoms with Crippen LogP contribution in [-0.4, -0.2) is 245 Å². The van der Waals surface area contributed by atoms with Crippen LogP contribution in [0, 0.1) is 50.2 Å². The second-order valence-corrected chi connectivity index (χ2v) is 26.7. The number of carboxylic acid groups (broad SMARTS) is 1. The first-order chi connectivity index (χ1) is 38.8. The van der Waals surface area contributed by atoms with Gasteiger partial charge in [-0.2, -0.15) is 0 Å². The lowest BCUT2D eigenvalue weighted by molar-refractivity contribution is -0.405. The zero-order valence-electron chi connectivity index (χ0n) is 48.1. The van der Waals surface area contributed by atoms with Crippen molar-refractivity contribution in [3.8, 4) is 0 Å². The highest BCUT2D eigenvalue weighted by Gasteiger charge is 2.74. The molecule has 4 saturated heterocycles. The summed E-state index contributed by atoms with van der Waals surface area (Å²) in [6.45, 7) is 13.3. The molecule has 0 unspecified atom stereocenters. The van der Waals surface area contributed by atoms with E-state index in [0.717, 1.165) is 11.9 Å². The molecular weight excluding hydrogens is 1100 g/mol. The first kappa shape index (κ1) is 64.7. The number of allylic oxidation sites excluding steroid dienone is 3. The molecule has 472 valence electrons. The number of aliphatic hydroxyl groups excluding tert-OH is 13. The van der Waals surface area contributed by atoms with Gasteiger partial charge < -0.3 is 119 Å². The van der Waals surface area contributed by atoms with Crippen LogP contribution in [0.5, 0.6) is 0 Å². The summed E-state index contributed by atoms with van der Waals surface area (Å²) in [6.07, 6.45) is -32.4. The van der Waals surface area contributed by atoms with E-state index in [1.54, 1.807) is 26.8 Å². The van der Waals surface area contributed by atoms with Gasteiger partial charge >= 0.3 is 11.9 Å². The standard InChI is InChI=1S/C57H88O26/c1-9-23(2)46(73)82-44-43(70)52(3,4)17-25-24-10-11-31-53(5)14-13-33(54(6,21-59)30(53)12-15-55(31,7)56(24,8)18-32(63)57(25,44)22-60)78-51-42(81-50-38(68)36(66)35(65)29(19-58)77-50)40(39(69)41(80-51)45(71)72)79-48-28(16-26(61)47(74)83-48)76-49-37(67)34(64)27(62)20-75-49/h9-10,21,25-44,47-51,58,60-70,74H,11-20,22H2,1-8H3,(H,71,72)/b23-9-/t25-,26+,27+,28+,29+,30+,31+,32+,33-,34-,35-,36-,37+,38+,39-,40-,41-,42+,43-,44-,47-,48+,49-,50-,51+,53-,54-,55+,56+,57-/m0/s1. The Morgan fingerprint density at radius 3 is 2.04 bits per heavy atom. The molecule has 4 heterocycles. The minimum atomic E-state index is -2.27. The molecule has 26 heteroatoms. The Morgan fingerprint density at radius 1 is 0.723 bits per heavy atom. The van der Waals surface area contributed by atoms with E-state index in [4.69, 9.17) is 42.6 Å². The molecule has 26 nitrogen and oxygen atoms in total. The topological polar surface area (TPSA) is 418 Å². The third kappa shape index (κ3) is 10.5. The largest absolute Gasteiger partial charge is 0.479 e. The Morgan fingerprint density at radius 2 is 1.40 bits per heavy atom. The number of aldehydes is 1. The molecule has 0 bridgehead atoms. The summed E-state index contributed by atoms with van der Waals surface area (Å²) in [7, 11) is 0. The molecule has 0 spiro atoms. The smallest absolute Gasteiger partial charge is 0.335 e. The number of carbonyl (C=O) groups excluding carboxylic acids is 2. The molecule has 9 rings (SSSR count). The van der Waals surface area contributed by atoms with Crippen molar-refractivity contribution in [2.24, 2.45) is 50.2 Å². The van der Waals surface area contributed by atoms with Crippen LogP contribution < -0.4 is 0 Å². The zero-order chi connectivity index (χ0) is 61.0. The Hall–Kier alpha value is -2.75. The number of aliphatic carboxylic acids is 1. The fourth-order valence-corrected chi connectivity index (χ4v) is 16.6. The predicted octanol–water partition coefficient (Wildman–Crippen LogP) is -2.24. The number of aliphatic hydroxyl groups is 13. The fraction of sp³-hybridized carbons (Fsp3) is 0.877. The normalized spacial score (nSPS) is 52.6. The predicted molar refractivity (Wildman–Crippen MR) is 279 cm³/mol.